The number of amides is 1. The monoisotopic (exact) mass is 396 g/mol. The van der Waals surface area contributed by atoms with E-state index in [1.54, 1.807) is 0 Å². The molecule has 2 N–H and O–H groups in total. The van der Waals surface area contributed by atoms with Crippen LogP contribution in [0.5, 0.6) is 5.75 Å². The van der Waals surface area contributed by atoms with E-state index in [-0.39, 0.29) is 28.6 Å². The standard InChI is InChI=1S/C21H24N4O4/c1-4-9-25-18-17(20(27)24-21(25)28)10-15(12-22-18)19(26)23-11-14-5-7-16(8-6-14)29-13(2)3/h5-8,10,12-13H,4,9,11H2,1-3H3,(H,23,26)(H,24,27,28). The van der Waals surface area contributed by atoms with E-state index in [0.717, 1.165) is 11.3 Å². The Labute approximate surface area is 167 Å². The molecule has 152 valence electrons. The Morgan fingerprint density at radius 1 is 1.24 bits per heavy atom. The molecule has 0 fully saturated rings. The molecule has 0 saturated carbocycles. The fraction of sp³-hybridized carbons (Fsp3) is 0.333. The highest BCUT2D eigenvalue weighted by molar-refractivity contribution is 5.96. The molecule has 2 heterocycles. The van der Waals surface area contributed by atoms with Gasteiger partial charge in [0, 0.05) is 19.3 Å². The zero-order valence-corrected chi connectivity index (χ0v) is 16.7. The molecule has 0 saturated heterocycles. The average Bonchev–Trinajstić information content (AvgIpc) is 2.69. The summed E-state index contributed by atoms with van der Waals surface area (Å²) in [5.41, 5.74) is 0.388. The number of hydrogen-bond donors (Lipinski definition) is 2. The highest BCUT2D eigenvalue weighted by Crippen LogP contribution is 2.14. The maximum atomic E-state index is 12.5. The Kier molecular flexibility index (Phi) is 6.11. The predicted molar refractivity (Wildman–Crippen MR) is 110 cm³/mol. The minimum atomic E-state index is -0.555. The first-order chi connectivity index (χ1) is 13.9. The van der Waals surface area contributed by atoms with Gasteiger partial charge in [-0.1, -0.05) is 19.1 Å². The maximum absolute atomic E-state index is 12.5. The van der Waals surface area contributed by atoms with Crippen molar-refractivity contribution in [2.24, 2.45) is 0 Å². The number of carbonyl (C=O) groups is 1. The summed E-state index contributed by atoms with van der Waals surface area (Å²) in [6.45, 7) is 6.59. The average molecular weight is 396 g/mol. The minimum Gasteiger partial charge on any atom is -0.491 e. The molecule has 3 rings (SSSR count). The van der Waals surface area contributed by atoms with Crippen LogP contribution in [0, 0.1) is 0 Å². The van der Waals surface area contributed by atoms with Gasteiger partial charge in [-0.05, 0) is 44.0 Å². The van der Waals surface area contributed by atoms with Crippen molar-refractivity contribution in [1.29, 1.82) is 0 Å². The van der Waals surface area contributed by atoms with Gasteiger partial charge in [-0.3, -0.25) is 19.1 Å². The first-order valence-electron chi connectivity index (χ1n) is 9.55. The van der Waals surface area contributed by atoms with Crippen LogP contribution in [0.3, 0.4) is 0 Å². The second kappa shape index (κ2) is 8.72. The number of rotatable bonds is 7. The number of aryl methyl sites for hydroxylation is 1. The van der Waals surface area contributed by atoms with Gasteiger partial charge in [-0.15, -0.1) is 0 Å². The van der Waals surface area contributed by atoms with Gasteiger partial charge in [-0.2, -0.15) is 0 Å². The number of ether oxygens (including phenoxy) is 1. The number of nitrogens with zero attached hydrogens (tertiary/aromatic N) is 2. The van der Waals surface area contributed by atoms with Gasteiger partial charge in [-0.25, -0.2) is 9.78 Å². The smallest absolute Gasteiger partial charge is 0.329 e. The fourth-order valence-electron chi connectivity index (χ4n) is 2.97. The molecule has 0 unspecified atom stereocenters. The van der Waals surface area contributed by atoms with E-state index in [9.17, 15) is 14.4 Å². The summed E-state index contributed by atoms with van der Waals surface area (Å²) < 4.78 is 7.00. The second-order valence-corrected chi connectivity index (χ2v) is 7.00. The zero-order valence-electron chi connectivity index (χ0n) is 16.7. The first kappa shape index (κ1) is 20.3. The van der Waals surface area contributed by atoms with Crippen molar-refractivity contribution in [2.75, 3.05) is 0 Å². The molecule has 0 aliphatic rings. The maximum Gasteiger partial charge on any atom is 0.329 e. The zero-order chi connectivity index (χ0) is 21.0. The Morgan fingerprint density at radius 2 is 1.97 bits per heavy atom. The summed E-state index contributed by atoms with van der Waals surface area (Å²) in [6, 6.07) is 8.93. The van der Waals surface area contributed by atoms with Crippen LogP contribution in [0.4, 0.5) is 0 Å². The summed E-state index contributed by atoms with van der Waals surface area (Å²) in [5.74, 6) is 0.417. The number of pyridine rings is 1. The minimum absolute atomic E-state index is 0.0952. The molecule has 8 heteroatoms. The van der Waals surface area contributed by atoms with Crippen molar-refractivity contribution in [3.8, 4) is 5.75 Å². The van der Waals surface area contributed by atoms with Crippen LogP contribution in [0.2, 0.25) is 0 Å². The lowest BCUT2D eigenvalue weighted by Crippen LogP contribution is -2.31. The number of H-pyrrole nitrogens is 1. The third-order valence-corrected chi connectivity index (χ3v) is 4.29. The van der Waals surface area contributed by atoms with Crippen LogP contribution < -0.4 is 21.3 Å². The molecule has 0 aliphatic carbocycles. The van der Waals surface area contributed by atoms with Crippen molar-refractivity contribution in [2.45, 2.75) is 46.4 Å². The fourth-order valence-corrected chi connectivity index (χ4v) is 2.97. The number of aromatic amines is 1. The summed E-state index contributed by atoms with van der Waals surface area (Å²) in [6.07, 6.45) is 2.19. The van der Waals surface area contributed by atoms with E-state index in [2.05, 4.69) is 15.3 Å². The predicted octanol–water partition coefficient (Wildman–Crippen LogP) is 2.21. The third kappa shape index (κ3) is 4.71. The molecule has 0 bridgehead atoms. The molecule has 8 nitrogen and oxygen atoms in total. The normalized spacial score (nSPS) is 11.0. The molecule has 0 aliphatic heterocycles. The SMILES string of the molecule is CCCn1c(=O)[nH]c(=O)c2cc(C(=O)NCc3ccc(OC(C)C)cc3)cnc21. The number of fused-ring (bicyclic) bond motifs is 1. The molecule has 29 heavy (non-hydrogen) atoms. The van der Waals surface area contributed by atoms with Crippen molar-refractivity contribution in [1.82, 2.24) is 19.9 Å². The van der Waals surface area contributed by atoms with E-state index < -0.39 is 11.2 Å². The van der Waals surface area contributed by atoms with Gasteiger partial charge < -0.3 is 10.1 Å². The summed E-state index contributed by atoms with van der Waals surface area (Å²) >= 11 is 0. The molecule has 0 atom stereocenters. The van der Waals surface area contributed by atoms with Crippen LogP contribution >= 0.6 is 0 Å². The van der Waals surface area contributed by atoms with Crippen LogP contribution in [0.15, 0.2) is 46.1 Å². The quantitative estimate of drug-likeness (QED) is 0.637. The Morgan fingerprint density at radius 3 is 2.62 bits per heavy atom. The van der Waals surface area contributed by atoms with Crippen LogP contribution in [-0.2, 0) is 13.1 Å². The van der Waals surface area contributed by atoms with Crippen molar-refractivity contribution < 1.29 is 9.53 Å². The Hall–Kier alpha value is -3.42. The number of benzene rings is 1. The van der Waals surface area contributed by atoms with Gasteiger partial charge in [0.25, 0.3) is 11.5 Å². The third-order valence-electron chi connectivity index (χ3n) is 4.29. The molecule has 0 spiro atoms. The van der Waals surface area contributed by atoms with Gasteiger partial charge in [0.1, 0.15) is 11.4 Å². The molecule has 1 aromatic carbocycles. The van der Waals surface area contributed by atoms with Crippen LogP contribution in [0.25, 0.3) is 11.0 Å². The Bertz CT molecular complexity index is 1130. The van der Waals surface area contributed by atoms with Crippen molar-refractivity contribution in [3.05, 3.63) is 68.5 Å². The molecule has 1 amide bonds. The van der Waals surface area contributed by atoms with Gasteiger partial charge in [0.15, 0.2) is 0 Å². The van der Waals surface area contributed by atoms with Crippen molar-refractivity contribution in [3.63, 3.8) is 0 Å². The van der Waals surface area contributed by atoms with Crippen LogP contribution in [0.1, 0.15) is 43.1 Å². The van der Waals surface area contributed by atoms with Gasteiger partial charge in [0.2, 0.25) is 0 Å². The number of nitrogens with one attached hydrogen (secondary N) is 2. The largest absolute Gasteiger partial charge is 0.491 e. The number of aromatic nitrogens is 3. The summed E-state index contributed by atoms with van der Waals surface area (Å²) in [5, 5.41) is 3.02. The summed E-state index contributed by atoms with van der Waals surface area (Å²) in [4.78, 5) is 43.1. The van der Waals surface area contributed by atoms with E-state index in [0.29, 0.717) is 19.5 Å². The highest BCUT2D eigenvalue weighted by atomic mass is 16.5. The molecule has 0 radical (unpaired) electrons. The highest BCUT2D eigenvalue weighted by Gasteiger charge is 2.13. The summed E-state index contributed by atoms with van der Waals surface area (Å²) in [7, 11) is 0. The van der Waals surface area contributed by atoms with Crippen LogP contribution in [-0.4, -0.2) is 26.5 Å². The lowest BCUT2D eigenvalue weighted by Gasteiger charge is -2.11. The van der Waals surface area contributed by atoms with Gasteiger partial charge >= 0.3 is 5.69 Å². The molecular formula is C21H24N4O4. The molecule has 3 aromatic rings. The molecular weight excluding hydrogens is 372 g/mol. The molecule has 2 aromatic heterocycles. The second-order valence-electron chi connectivity index (χ2n) is 7.00. The van der Waals surface area contributed by atoms with E-state index in [1.165, 1.54) is 16.8 Å². The first-order valence-corrected chi connectivity index (χ1v) is 9.55. The van der Waals surface area contributed by atoms with Crippen molar-refractivity contribution >= 4 is 16.9 Å². The van der Waals surface area contributed by atoms with Gasteiger partial charge in [0.05, 0.1) is 17.1 Å². The number of carbonyl (C=O) groups excluding carboxylic acids is 1. The lowest BCUT2D eigenvalue weighted by molar-refractivity contribution is 0.0950. The lowest BCUT2D eigenvalue weighted by atomic mass is 10.2. The number of hydrogen-bond acceptors (Lipinski definition) is 5. The van der Waals surface area contributed by atoms with E-state index >= 15 is 0 Å². The van der Waals surface area contributed by atoms with E-state index in [4.69, 9.17) is 4.74 Å². The van der Waals surface area contributed by atoms with E-state index in [1.807, 2.05) is 45.0 Å². The Balaban J connectivity index is 1.77. The topological polar surface area (TPSA) is 106 Å².